The van der Waals surface area contributed by atoms with Crippen LogP contribution in [0.5, 0.6) is 0 Å². The summed E-state index contributed by atoms with van der Waals surface area (Å²) < 4.78 is 4.94. The Kier molecular flexibility index (Phi) is 6.07. The molecule has 12 heavy (non-hydrogen) atoms. The molecule has 0 atom stereocenters. The highest BCUT2D eigenvalue weighted by atomic mass is 16.5. The van der Waals surface area contributed by atoms with Crippen LogP contribution in [0.15, 0.2) is 23.8 Å². The fourth-order valence-corrected chi connectivity index (χ4v) is 0.740. The van der Waals surface area contributed by atoms with Gasteiger partial charge in [0.2, 0.25) is 0 Å². The average Bonchev–Trinajstić information content (AvgIpc) is 2.10. The molecule has 0 amide bonds. The second kappa shape index (κ2) is 6.65. The minimum absolute atomic E-state index is 0.238. The van der Waals surface area contributed by atoms with Gasteiger partial charge < -0.3 is 4.74 Å². The summed E-state index contributed by atoms with van der Waals surface area (Å²) in [5.41, 5.74) is 0.617. The van der Waals surface area contributed by atoms with Crippen LogP contribution in [-0.2, 0) is 9.53 Å². The standard InChI is InChI=1S/C10H16O2/c1-4-7-9(6-3)10(11)12-8-5-2/h4,6-7H,5,8H2,1-3H3/b7-4-,9-6+. The molecule has 0 saturated carbocycles. The minimum Gasteiger partial charge on any atom is -0.462 e. The molecule has 0 fully saturated rings. The number of carbonyl (C=O) groups is 1. The van der Waals surface area contributed by atoms with Crippen LogP contribution in [0, 0.1) is 0 Å². The summed E-state index contributed by atoms with van der Waals surface area (Å²) in [5, 5.41) is 0. The van der Waals surface area contributed by atoms with Crippen LogP contribution in [0.4, 0.5) is 0 Å². The molecule has 0 radical (unpaired) electrons. The molecule has 0 aromatic rings. The normalized spacial score (nSPS) is 12.1. The fraction of sp³-hybridized carbons (Fsp3) is 0.500. The van der Waals surface area contributed by atoms with Crippen LogP contribution in [-0.4, -0.2) is 12.6 Å². The summed E-state index contributed by atoms with van der Waals surface area (Å²) in [6.45, 7) is 6.16. The molecule has 0 saturated heterocycles. The Morgan fingerprint density at radius 3 is 2.50 bits per heavy atom. The third-order valence-electron chi connectivity index (χ3n) is 1.33. The molecular formula is C10H16O2. The highest BCUT2D eigenvalue weighted by molar-refractivity contribution is 5.91. The van der Waals surface area contributed by atoms with Crippen molar-refractivity contribution in [1.29, 1.82) is 0 Å². The predicted octanol–water partition coefficient (Wildman–Crippen LogP) is 2.46. The SMILES string of the molecule is C/C=C\C(=C/C)C(=O)OCCC. The Bertz CT molecular complexity index is 190. The maximum atomic E-state index is 11.2. The molecule has 0 unspecified atom stereocenters. The Labute approximate surface area is 73.9 Å². The predicted molar refractivity (Wildman–Crippen MR) is 49.8 cm³/mol. The summed E-state index contributed by atoms with van der Waals surface area (Å²) in [7, 11) is 0. The van der Waals surface area contributed by atoms with Crippen molar-refractivity contribution < 1.29 is 9.53 Å². The van der Waals surface area contributed by atoms with Gasteiger partial charge in [-0.3, -0.25) is 0 Å². The number of rotatable bonds is 4. The minimum atomic E-state index is -0.238. The number of esters is 1. The van der Waals surface area contributed by atoms with Crippen LogP contribution >= 0.6 is 0 Å². The van der Waals surface area contributed by atoms with E-state index in [-0.39, 0.29) is 5.97 Å². The first-order valence-corrected chi connectivity index (χ1v) is 4.22. The summed E-state index contributed by atoms with van der Waals surface area (Å²) >= 11 is 0. The van der Waals surface area contributed by atoms with Gasteiger partial charge >= 0.3 is 5.97 Å². The quantitative estimate of drug-likeness (QED) is 0.366. The molecule has 2 heteroatoms. The van der Waals surface area contributed by atoms with Crippen LogP contribution in [0.25, 0.3) is 0 Å². The maximum Gasteiger partial charge on any atom is 0.337 e. The summed E-state index contributed by atoms with van der Waals surface area (Å²) in [5.74, 6) is -0.238. The first-order valence-electron chi connectivity index (χ1n) is 4.22. The van der Waals surface area contributed by atoms with E-state index >= 15 is 0 Å². The van der Waals surface area contributed by atoms with Crippen molar-refractivity contribution >= 4 is 5.97 Å². The summed E-state index contributed by atoms with van der Waals surface area (Å²) in [4.78, 5) is 11.2. The number of hydrogen-bond acceptors (Lipinski definition) is 2. The van der Waals surface area contributed by atoms with Crippen LogP contribution < -0.4 is 0 Å². The number of hydrogen-bond donors (Lipinski definition) is 0. The van der Waals surface area contributed by atoms with Gasteiger partial charge in [-0.2, -0.15) is 0 Å². The van der Waals surface area contributed by atoms with Crippen LogP contribution in [0.1, 0.15) is 27.2 Å². The van der Waals surface area contributed by atoms with E-state index in [2.05, 4.69) is 0 Å². The molecule has 0 spiro atoms. The van der Waals surface area contributed by atoms with E-state index in [1.165, 1.54) is 0 Å². The van der Waals surface area contributed by atoms with Crippen molar-refractivity contribution in [3.63, 3.8) is 0 Å². The van der Waals surface area contributed by atoms with E-state index in [9.17, 15) is 4.79 Å². The number of carbonyl (C=O) groups excluding carboxylic acids is 1. The maximum absolute atomic E-state index is 11.2. The molecule has 0 rings (SSSR count). The lowest BCUT2D eigenvalue weighted by Crippen LogP contribution is -2.06. The smallest absolute Gasteiger partial charge is 0.337 e. The zero-order valence-corrected chi connectivity index (χ0v) is 7.96. The van der Waals surface area contributed by atoms with Crippen molar-refractivity contribution in [2.45, 2.75) is 27.2 Å². The van der Waals surface area contributed by atoms with Crippen LogP contribution in [0.2, 0.25) is 0 Å². The van der Waals surface area contributed by atoms with E-state index in [0.717, 1.165) is 6.42 Å². The largest absolute Gasteiger partial charge is 0.462 e. The van der Waals surface area contributed by atoms with Gasteiger partial charge in [-0.25, -0.2) is 4.79 Å². The van der Waals surface area contributed by atoms with E-state index in [1.54, 1.807) is 12.2 Å². The summed E-state index contributed by atoms with van der Waals surface area (Å²) in [6.07, 6.45) is 6.18. The number of allylic oxidation sites excluding steroid dienone is 2. The van der Waals surface area contributed by atoms with Gasteiger partial charge in [-0.1, -0.05) is 25.2 Å². The molecule has 0 N–H and O–H groups in total. The first-order chi connectivity index (χ1) is 5.76. The van der Waals surface area contributed by atoms with E-state index in [4.69, 9.17) is 4.74 Å². The molecule has 0 aliphatic rings. The van der Waals surface area contributed by atoms with Gasteiger partial charge in [0.15, 0.2) is 0 Å². The molecule has 68 valence electrons. The van der Waals surface area contributed by atoms with E-state index in [0.29, 0.717) is 12.2 Å². The Hall–Kier alpha value is -1.05. The Balaban J connectivity index is 4.05. The zero-order chi connectivity index (χ0) is 9.40. The van der Waals surface area contributed by atoms with Crippen molar-refractivity contribution in [3.05, 3.63) is 23.8 Å². The molecule has 0 aromatic carbocycles. The second-order valence-electron chi connectivity index (χ2n) is 2.38. The molecule has 2 nitrogen and oxygen atoms in total. The van der Waals surface area contributed by atoms with Crippen LogP contribution in [0.3, 0.4) is 0 Å². The van der Waals surface area contributed by atoms with Gasteiger partial charge in [0.25, 0.3) is 0 Å². The molecule has 0 bridgehead atoms. The lowest BCUT2D eigenvalue weighted by Gasteiger charge is -2.02. The fourth-order valence-electron chi connectivity index (χ4n) is 0.740. The molecule has 0 aliphatic heterocycles. The van der Waals surface area contributed by atoms with Gasteiger partial charge in [0.05, 0.1) is 12.2 Å². The average molecular weight is 168 g/mol. The lowest BCUT2D eigenvalue weighted by molar-refractivity contribution is -0.138. The molecule has 0 aromatic heterocycles. The van der Waals surface area contributed by atoms with Crippen molar-refractivity contribution in [2.75, 3.05) is 6.61 Å². The Morgan fingerprint density at radius 1 is 1.42 bits per heavy atom. The first kappa shape index (κ1) is 11.0. The number of ether oxygens (including phenoxy) is 1. The van der Waals surface area contributed by atoms with E-state index in [1.807, 2.05) is 26.8 Å². The topological polar surface area (TPSA) is 26.3 Å². The van der Waals surface area contributed by atoms with Gasteiger partial charge in [0.1, 0.15) is 0 Å². The molecule has 0 aliphatic carbocycles. The molecular weight excluding hydrogens is 152 g/mol. The zero-order valence-electron chi connectivity index (χ0n) is 7.96. The van der Waals surface area contributed by atoms with Gasteiger partial charge in [-0.05, 0) is 20.3 Å². The monoisotopic (exact) mass is 168 g/mol. The third-order valence-corrected chi connectivity index (χ3v) is 1.33. The van der Waals surface area contributed by atoms with Gasteiger partial charge in [0, 0.05) is 0 Å². The lowest BCUT2D eigenvalue weighted by atomic mass is 10.2. The third kappa shape index (κ3) is 3.96. The van der Waals surface area contributed by atoms with Gasteiger partial charge in [-0.15, -0.1) is 0 Å². The highest BCUT2D eigenvalue weighted by Crippen LogP contribution is 2.00. The van der Waals surface area contributed by atoms with Crippen molar-refractivity contribution in [1.82, 2.24) is 0 Å². The summed E-state index contributed by atoms with van der Waals surface area (Å²) in [6, 6.07) is 0. The van der Waals surface area contributed by atoms with E-state index < -0.39 is 0 Å². The highest BCUT2D eigenvalue weighted by Gasteiger charge is 2.04. The van der Waals surface area contributed by atoms with Crippen molar-refractivity contribution in [2.24, 2.45) is 0 Å². The van der Waals surface area contributed by atoms with Crippen molar-refractivity contribution in [3.8, 4) is 0 Å². The Morgan fingerprint density at radius 2 is 2.08 bits per heavy atom. The molecule has 0 heterocycles. The second-order valence-corrected chi connectivity index (χ2v) is 2.38.